The maximum Gasteiger partial charge on any atom is 0.255 e. The van der Waals surface area contributed by atoms with Crippen molar-refractivity contribution in [2.75, 3.05) is 5.32 Å². The van der Waals surface area contributed by atoms with Gasteiger partial charge in [-0.05, 0) is 42.5 Å². The van der Waals surface area contributed by atoms with Crippen LogP contribution in [0, 0.1) is 0 Å². The molecule has 0 radical (unpaired) electrons. The summed E-state index contributed by atoms with van der Waals surface area (Å²) >= 11 is 3.38. The lowest BCUT2D eigenvalue weighted by Gasteiger charge is -2.11. The summed E-state index contributed by atoms with van der Waals surface area (Å²) in [5, 5.41) is 4.44. The van der Waals surface area contributed by atoms with Gasteiger partial charge in [0, 0.05) is 21.3 Å². The number of nitrogens with zero attached hydrogens (tertiary/aromatic N) is 1. The normalized spacial score (nSPS) is 11.1. The van der Waals surface area contributed by atoms with Crippen LogP contribution in [0.1, 0.15) is 24.2 Å². The molecule has 0 fully saturated rings. The van der Waals surface area contributed by atoms with Crippen molar-refractivity contribution in [1.82, 2.24) is 4.98 Å². The number of hydrogen-bond donors (Lipinski definition) is 1. The predicted octanol–water partition coefficient (Wildman–Crippen LogP) is 6.72. The van der Waals surface area contributed by atoms with Crippen LogP contribution in [-0.4, -0.2) is 16.1 Å². The highest BCUT2D eigenvalue weighted by Gasteiger charge is 2.14. The molecule has 5 heteroatoms. The Morgan fingerprint density at radius 3 is 2.61 bits per heavy atom. The lowest BCUT2D eigenvalue weighted by atomic mass is 10.1. The largest absolute Gasteiger partial charge is 0.321 e. The number of rotatable bonds is 5. The topological polar surface area (TPSA) is 42.0 Å². The summed E-state index contributed by atoms with van der Waals surface area (Å²) in [7, 11) is 0. The van der Waals surface area contributed by atoms with Crippen molar-refractivity contribution in [2.45, 2.75) is 24.0 Å². The second-order valence-corrected chi connectivity index (χ2v) is 9.36. The number of hydrogen-bond acceptors (Lipinski definition) is 4. The molecule has 0 bridgehead atoms. The number of para-hydroxylation sites is 2. The van der Waals surface area contributed by atoms with Gasteiger partial charge in [-0.3, -0.25) is 4.79 Å². The van der Waals surface area contributed by atoms with Gasteiger partial charge >= 0.3 is 0 Å². The number of carbonyl (C=O) groups is 1. The molecule has 0 aliphatic heterocycles. The first-order valence-corrected chi connectivity index (χ1v) is 10.8. The first-order chi connectivity index (χ1) is 13.6. The Morgan fingerprint density at radius 2 is 1.79 bits per heavy atom. The van der Waals surface area contributed by atoms with E-state index in [0.717, 1.165) is 31.4 Å². The summed E-state index contributed by atoms with van der Waals surface area (Å²) in [6, 6.07) is 23.7. The SMILES string of the molecule is CC(C)Sc1cccc(C(=O)Nc2ccccc2-c2nc3ccccc3s2)c1. The van der Waals surface area contributed by atoms with Gasteiger partial charge in [0.15, 0.2) is 0 Å². The van der Waals surface area contributed by atoms with Gasteiger partial charge in [-0.1, -0.05) is 44.2 Å². The molecule has 0 aliphatic carbocycles. The zero-order valence-corrected chi connectivity index (χ0v) is 17.3. The van der Waals surface area contributed by atoms with Crippen molar-refractivity contribution >= 4 is 44.9 Å². The molecule has 0 spiro atoms. The molecule has 1 heterocycles. The second kappa shape index (κ2) is 8.17. The monoisotopic (exact) mass is 404 g/mol. The Balaban J connectivity index is 1.63. The summed E-state index contributed by atoms with van der Waals surface area (Å²) in [6.45, 7) is 4.29. The van der Waals surface area contributed by atoms with Gasteiger partial charge in [0.2, 0.25) is 0 Å². The number of carbonyl (C=O) groups excluding carboxylic acids is 1. The minimum atomic E-state index is -0.111. The summed E-state index contributed by atoms with van der Waals surface area (Å²) in [5.74, 6) is -0.111. The van der Waals surface area contributed by atoms with Crippen molar-refractivity contribution in [3.8, 4) is 10.6 Å². The fraction of sp³-hybridized carbons (Fsp3) is 0.130. The predicted molar refractivity (Wildman–Crippen MR) is 120 cm³/mol. The molecule has 4 rings (SSSR count). The molecular weight excluding hydrogens is 384 g/mol. The Labute approximate surface area is 172 Å². The molecule has 0 saturated carbocycles. The van der Waals surface area contributed by atoms with E-state index in [0.29, 0.717) is 10.8 Å². The van der Waals surface area contributed by atoms with Gasteiger partial charge in [0.05, 0.1) is 15.9 Å². The third kappa shape index (κ3) is 4.11. The molecule has 1 aromatic heterocycles. The smallest absolute Gasteiger partial charge is 0.255 e. The number of amides is 1. The Kier molecular flexibility index (Phi) is 5.46. The van der Waals surface area contributed by atoms with Gasteiger partial charge < -0.3 is 5.32 Å². The first-order valence-electron chi connectivity index (χ1n) is 9.13. The van der Waals surface area contributed by atoms with Crippen LogP contribution in [0.3, 0.4) is 0 Å². The third-order valence-electron chi connectivity index (χ3n) is 4.17. The van der Waals surface area contributed by atoms with Crippen LogP contribution in [0.25, 0.3) is 20.8 Å². The minimum Gasteiger partial charge on any atom is -0.321 e. The molecule has 140 valence electrons. The van der Waals surface area contributed by atoms with E-state index in [1.54, 1.807) is 23.1 Å². The van der Waals surface area contributed by atoms with Crippen molar-refractivity contribution in [3.63, 3.8) is 0 Å². The average Bonchev–Trinajstić information content (AvgIpc) is 3.12. The standard InChI is InChI=1S/C23H20N2OS2/c1-15(2)27-17-9-7-8-16(14-17)22(26)24-19-11-4-3-10-18(19)23-25-20-12-5-6-13-21(20)28-23/h3-15H,1-2H3,(H,24,26). The van der Waals surface area contributed by atoms with Gasteiger partial charge in [-0.2, -0.15) is 0 Å². The molecule has 1 N–H and O–H groups in total. The van der Waals surface area contributed by atoms with E-state index in [2.05, 4.69) is 25.2 Å². The third-order valence-corrected chi connectivity index (χ3v) is 6.23. The van der Waals surface area contributed by atoms with Crippen LogP contribution in [0.2, 0.25) is 0 Å². The number of thioether (sulfide) groups is 1. The molecule has 3 aromatic carbocycles. The van der Waals surface area contributed by atoms with E-state index in [9.17, 15) is 4.79 Å². The van der Waals surface area contributed by atoms with E-state index in [-0.39, 0.29) is 5.91 Å². The van der Waals surface area contributed by atoms with Crippen LogP contribution < -0.4 is 5.32 Å². The molecule has 28 heavy (non-hydrogen) atoms. The average molecular weight is 405 g/mol. The highest BCUT2D eigenvalue weighted by Crippen LogP contribution is 2.34. The van der Waals surface area contributed by atoms with Crippen molar-refractivity contribution < 1.29 is 4.79 Å². The fourth-order valence-corrected chi connectivity index (χ4v) is 4.84. The van der Waals surface area contributed by atoms with Crippen molar-refractivity contribution in [2.24, 2.45) is 0 Å². The maximum atomic E-state index is 12.9. The van der Waals surface area contributed by atoms with Crippen molar-refractivity contribution in [1.29, 1.82) is 0 Å². The maximum absolute atomic E-state index is 12.9. The van der Waals surface area contributed by atoms with Crippen LogP contribution in [0.15, 0.2) is 77.7 Å². The summed E-state index contributed by atoms with van der Waals surface area (Å²) < 4.78 is 1.14. The van der Waals surface area contributed by atoms with E-state index in [4.69, 9.17) is 4.98 Å². The molecule has 0 aliphatic rings. The van der Waals surface area contributed by atoms with E-state index in [1.165, 1.54) is 0 Å². The van der Waals surface area contributed by atoms with E-state index in [1.807, 2.05) is 66.7 Å². The highest BCUT2D eigenvalue weighted by atomic mass is 32.2. The van der Waals surface area contributed by atoms with Gasteiger partial charge in [-0.15, -0.1) is 23.1 Å². The lowest BCUT2D eigenvalue weighted by molar-refractivity contribution is 0.102. The molecule has 0 unspecified atom stereocenters. The molecule has 1 amide bonds. The minimum absolute atomic E-state index is 0.111. The van der Waals surface area contributed by atoms with Crippen molar-refractivity contribution in [3.05, 3.63) is 78.4 Å². The molecule has 0 atom stereocenters. The zero-order valence-electron chi connectivity index (χ0n) is 15.7. The van der Waals surface area contributed by atoms with E-state index < -0.39 is 0 Å². The number of aromatic nitrogens is 1. The van der Waals surface area contributed by atoms with E-state index >= 15 is 0 Å². The van der Waals surface area contributed by atoms with Crippen LogP contribution in [-0.2, 0) is 0 Å². The summed E-state index contributed by atoms with van der Waals surface area (Å²) in [4.78, 5) is 18.7. The van der Waals surface area contributed by atoms with Crippen LogP contribution >= 0.6 is 23.1 Å². The molecule has 0 saturated heterocycles. The number of fused-ring (bicyclic) bond motifs is 1. The van der Waals surface area contributed by atoms with Gasteiger partial charge in [0.1, 0.15) is 5.01 Å². The molecule has 4 aromatic rings. The van der Waals surface area contributed by atoms with Gasteiger partial charge in [0.25, 0.3) is 5.91 Å². The Bertz CT molecular complexity index is 1100. The number of nitrogens with one attached hydrogen (secondary N) is 1. The zero-order chi connectivity index (χ0) is 19.5. The molecular formula is C23H20N2OS2. The van der Waals surface area contributed by atoms with Crippen LogP contribution in [0.5, 0.6) is 0 Å². The quantitative estimate of drug-likeness (QED) is 0.376. The second-order valence-electron chi connectivity index (χ2n) is 6.68. The fourth-order valence-electron chi connectivity index (χ4n) is 2.94. The van der Waals surface area contributed by atoms with Crippen LogP contribution in [0.4, 0.5) is 5.69 Å². The Hall–Kier alpha value is -2.63. The summed E-state index contributed by atoms with van der Waals surface area (Å²) in [5.41, 5.74) is 3.34. The number of benzene rings is 3. The highest BCUT2D eigenvalue weighted by molar-refractivity contribution is 7.99. The lowest BCUT2D eigenvalue weighted by Crippen LogP contribution is -2.12. The first kappa shape index (κ1) is 18.7. The Morgan fingerprint density at radius 1 is 1.00 bits per heavy atom. The van der Waals surface area contributed by atoms with Gasteiger partial charge in [-0.25, -0.2) is 4.98 Å². The number of anilines is 1. The summed E-state index contributed by atoms with van der Waals surface area (Å²) in [6.07, 6.45) is 0. The number of thiazole rings is 1. The molecule has 3 nitrogen and oxygen atoms in total.